The SMILES string of the molecule is C[C@H]1CCCN(S(=O)(=O)c2cc(C(=O)Nc3ccc(F)cc3)n(C)c2)C1. The molecule has 2 aromatic rings. The van der Waals surface area contributed by atoms with E-state index in [1.165, 1.54) is 45.4 Å². The number of anilines is 1. The van der Waals surface area contributed by atoms with Crippen LogP contribution in [-0.2, 0) is 17.1 Å². The van der Waals surface area contributed by atoms with Gasteiger partial charge in [0.2, 0.25) is 10.0 Å². The number of aryl methyl sites for hydroxylation is 1. The van der Waals surface area contributed by atoms with E-state index < -0.39 is 21.7 Å². The summed E-state index contributed by atoms with van der Waals surface area (Å²) in [5.41, 5.74) is 0.657. The van der Waals surface area contributed by atoms with Crippen molar-refractivity contribution in [3.05, 3.63) is 48.0 Å². The number of benzene rings is 1. The summed E-state index contributed by atoms with van der Waals surface area (Å²) in [5, 5.41) is 2.64. The summed E-state index contributed by atoms with van der Waals surface area (Å²) < 4.78 is 41.6. The van der Waals surface area contributed by atoms with Crippen molar-refractivity contribution in [2.24, 2.45) is 13.0 Å². The molecule has 8 heteroatoms. The second-order valence-electron chi connectivity index (χ2n) is 6.74. The first-order valence-corrected chi connectivity index (χ1v) is 9.95. The highest BCUT2D eigenvalue weighted by molar-refractivity contribution is 7.89. The Hall–Kier alpha value is -2.19. The van der Waals surface area contributed by atoms with E-state index in [-0.39, 0.29) is 10.6 Å². The molecule has 1 fully saturated rings. The summed E-state index contributed by atoms with van der Waals surface area (Å²) >= 11 is 0. The van der Waals surface area contributed by atoms with Crippen LogP contribution in [0.15, 0.2) is 41.4 Å². The smallest absolute Gasteiger partial charge is 0.272 e. The zero-order valence-corrected chi connectivity index (χ0v) is 15.6. The fraction of sp³-hybridized carbons (Fsp3) is 0.389. The first-order chi connectivity index (χ1) is 12.3. The van der Waals surface area contributed by atoms with Crippen molar-refractivity contribution < 1.29 is 17.6 Å². The number of hydrogen-bond acceptors (Lipinski definition) is 3. The van der Waals surface area contributed by atoms with Crippen molar-refractivity contribution in [3.63, 3.8) is 0 Å². The molecule has 6 nitrogen and oxygen atoms in total. The van der Waals surface area contributed by atoms with Crippen molar-refractivity contribution in [2.45, 2.75) is 24.7 Å². The Morgan fingerprint density at radius 1 is 1.27 bits per heavy atom. The Bertz CT molecular complexity index is 906. The largest absolute Gasteiger partial charge is 0.345 e. The Kier molecular flexibility index (Phi) is 5.15. The molecule has 1 amide bonds. The number of nitrogens with one attached hydrogen (secondary N) is 1. The number of rotatable bonds is 4. The average molecular weight is 379 g/mol. The van der Waals surface area contributed by atoms with Crippen LogP contribution in [0.5, 0.6) is 0 Å². The van der Waals surface area contributed by atoms with Gasteiger partial charge in [0, 0.05) is 32.0 Å². The second-order valence-corrected chi connectivity index (χ2v) is 8.68. The minimum atomic E-state index is -3.63. The molecule has 0 aliphatic carbocycles. The second kappa shape index (κ2) is 7.20. The Morgan fingerprint density at radius 3 is 2.62 bits per heavy atom. The molecule has 1 aliphatic rings. The third kappa shape index (κ3) is 3.81. The quantitative estimate of drug-likeness (QED) is 0.888. The van der Waals surface area contributed by atoms with Crippen LogP contribution in [0.2, 0.25) is 0 Å². The van der Waals surface area contributed by atoms with Gasteiger partial charge in [-0.2, -0.15) is 4.31 Å². The van der Waals surface area contributed by atoms with Crippen LogP contribution in [0.1, 0.15) is 30.3 Å². The van der Waals surface area contributed by atoms with Gasteiger partial charge in [0.1, 0.15) is 16.4 Å². The van der Waals surface area contributed by atoms with Crippen LogP contribution in [0.25, 0.3) is 0 Å². The molecule has 1 atom stereocenters. The summed E-state index contributed by atoms with van der Waals surface area (Å²) in [6.07, 6.45) is 3.31. The van der Waals surface area contributed by atoms with E-state index in [1.54, 1.807) is 7.05 Å². The van der Waals surface area contributed by atoms with Gasteiger partial charge in [0.05, 0.1) is 0 Å². The summed E-state index contributed by atoms with van der Waals surface area (Å²) in [7, 11) is -2.00. The van der Waals surface area contributed by atoms with Crippen LogP contribution < -0.4 is 5.32 Å². The van der Waals surface area contributed by atoms with Crippen LogP contribution in [-0.4, -0.2) is 36.3 Å². The predicted octanol–water partition coefficient (Wildman–Crippen LogP) is 2.84. The molecule has 26 heavy (non-hydrogen) atoms. The maximum atomic E-state index is 13.0. The third-order valence-electron chi connectivity index (χ3n) is 4.57. The Balaban J connectivity index is 1.81. The Morgan fingerprint density at radius 2 is 1.96 bits per heavy atom. The van der Waals surface area contributed by atoms with Crippen molar-refractivity contribution in [1.29, 1.82) is 0 Å². The molecule has 140 valence electrons. The molecule has 1 aromatic carbocycles. The van der Waals surface area contributed by atoms with E-state index in [9.17, 15) is 17.6 Å². The number of carbonyl (C=O) groups excluding carboxylic acids is 1. The first-order valence-electron chi connectivity index (χ1n) is 8.51. The molecule has 2 heterocycles. The zero-order chi connectivity index (χ0) is 18.9. The normalized spacial score (nSPS) is 18.7. The number of aromatic nitrogens is 1. The summed E-state index contributed by atoms with van der Waals surface area (Å²) in [6, 6.07) is 6.77. The molecule has 3 rings (SSSR count). The number of carbonyl (C=O) groups is 1. The number of nitrogens with zero attached hydrogens (tertiary/aromatic N) is 2. The molecular weight excluding hydrogens is 357 g/mol. The lowest BCUT2D eigenvalue weighted by atomic mass is 10.0. The van der Waals surface area contributed by atoms with Gasteiger partial charge in [-0.05, 0) is 49.1 Å². The summed E-state index contributed by atoms with van der Waals surface area (Å²) in [5.74, 6) is -0.526. The highest BCUT2D eigenvalue weighted by atomic mass is 32.2. The standard InChI is InChI=1S/C18H22FN3O3S/c1-13-4-3-9-22(11-13)26(24,25)16-10-17(21(2)12-16)18(23)20-15-7-5-14(19)6-8-15/h5-8,10,12-13H,3-4,9,11H2,1-2H3,(H,20,23)/t13-/m0/s1. The number of hydrogen-bond donors (Lipinski definition) is 1. The van der Waals surface area contributed by atoms with Crippen molar-refractivity contribution in [1.82, 2.24) is 8.87 Å². The monoisotopic (exact) mass is 379 g/mol. The van der Waals surface area contributed by atoms with Gasteiger partial charge >= 0.3 is 0 Å². The molecule has 1 aromatic heterocycles. The van der Waals surface area contributed by atoms with Crippen LogP contribution in [0.3, 0.4) is 0 Å². The molecule has 1 aliphatic heterocycles. The number of halogens is 1. The lowest BCUT2D eigenvalue weighted by Gasteiger charge is -2.29. The zero-order valence-electron chi connectivity index (χ0n) is 14.8. The fourth-order valence-electron chi connectivity index (χ4n) is 3.14. The van der Waals surface area contributed by atoms with E-state index in [0.717, 1.165) is 12.8 Å². The van der Waals surface area contributed by atoms with Gasteiger partial charge in [-0.25, -0.2) is 12.8 Å². The average Bonchev–Trinajstić information content (AvgIpc) is 3.00. The van der Waals surface area contributed by atoms with Gasteiger partial charge in [-0.3, -0.25) is 4.79 Å². The van der Waals surface area contributed by atoms with Gasteiger partial charge < -0.3 is 9.88 Å². The molecule has 0 unspecified atom stereocenters. The number of sulfonamides is 1. The van der Waals surface area contributed by atoms with Crippen molar-refractivity contribution in [2.75, 3.05) is 18.4 Å². The third-order valence-corrected chi connectivity index (χ3v) is 6.40. The van der Waals surface area contributed by atoms with E-state index in [4.69, 9.17) is 0 Å². The maximum Gasteiger partial charge on any atom is 0.272 e. The van der Waals surface area contributed by atoms with Crippen LogP contribution in [0, 0.1) is 11.7 Å². The molecule has 0 bridgehead atoms. The molecule has 0 radical (unpaired) electrons. The Labute approximate surface area is 152 Å². The molecular formula is C18H22FN3O3S. The minimum absolute atomic E-state index is 0.110. The van der Waals surface area contributed by atoms with Crippen molar-refractivity contribution >= 4 is 21.6 Å². The minimum Gasteiger partial charge on any atom is -0.345 e. The lowest BCUT2D eigenvalue weighted by Crippen LogP contribution is -2.38. The summed E-state index contributed by atoms with van der Waals surface area (Å²) in [6.45, 7) is 3.03. The maximum absolute atomic E-state index is 13.0. The van der Waals surface area contributed by atoms with Gasteiger partial charge in [0.25, 0.3) is 5.91 Å². The topological polar surface area (TPSA) is 71.4 Å². The molecule has 0 saturated carbocycles. The molecule has 1 N–H and O–H groups in total. The van der Waals surface area contributed by atoms with E-state index in [0.29, 0.717) is 24.7 Å². The first kappa shape index (κ1) is 18.6. The lowest BCUT2D eigenvalue weighted by molar-refractivity contribution is 0.101. The van der Waals surface area contributed by atoms with Gasteiger partial charge in [-0.1, -0.05) is 6.92 Å². The summed E-state index contributed by atoms with van der Waals surface area (Å²) in [4.78, 5) is 12.6. The fourth-order valence-corrected chi connectivity index (χ4v) is 4.81. The molecule has 0 spiro atoms. The highest BCUT2D eigenvalue weighted by Gasteiger charge is 2.30. The van der Waals surface area contributed by atoms with Gasteiger partial charge in [0.15, 0.2) is 0 Å². The molecule has 1 saturated heterocycles. The van der Waals surface area contributed by atoms with Gasteiger partial charge in [-0.15, -0.1) is 0 Å². The van der Waals surface area contributed by atoms with Crippen molar-refractivity contribution in [3.8, 4) is 0 Å². The number of amides is 1. The predicted molar refractivity (Wildman–Crippen MR) is 96.9 cm³/mol. The number of piperidine rings is 1. The van der Waals surface area contributed by atoms with E-state index in [1.807, 2.05) is 6.92 Å². The highest BCUT2D eigenvalue weighted by Crippen LogP contribution is 2.25. The van der Waals surface area contributed by atoms with Crippen LogP contribution in [0.4, 0.5) is 10.1 Å². The van der Waals surface area contributed by atoms with E-state index in [2.05, 4.69) is 5.32 Å². The van der Waals surface area contributed by atoms with E-state index >= 15 is 0 Å². The van der Waals surface area contributed by atoms with Crippen LogP contribution >= 0.6 is 0 Å².